The van der Waals surface area contributed by atoms with Crippen molar-refractivity contribution in [2.24, 2.45) is 0 Å². The molecule has 0 heterocycles. The van der Waals surface area contributed by atoms with Crippen molar-refractivity contribution in [3.63, 3.8) is 0 Å². The Kier molecular flexibility index (Phi) is 3.09. The minimum absolute atomic E-state index is 0.702. The molecule has 0 radical (unpaired) electrons. The Morgan fingerprint density at radius 1 is 1.25 bits per heavy atom. The molecule has 20 heavy (non-hydrogen) atoms. The lowest BCUT2D eigenvalue weighted by Gasteiger charge is -2.26. The summed E-state index contributed by atoms with van der Waals surface area (Å²) in [5.74, 6) is -7.16. The number of rotatable bonds is 9. The molecule has 2 N–H and O–H groups in total. The quantitative estimate of drug-likeness (QED) is 0.592. The molecule has 0 aliphatic rings. The molecule has 0 aliphatic carbocycles. The number of carbonyl (C=O) groups is 4. The van der Waals surface area contributed by atoms with Gasteiger partial charge in [0, 0.05) is 16.5 Å². The number of hydrogen-bond acceptors (Lipinski definition) is 6. The van der Waals surface area contributed by atoms with Gasteiger partial charge in [-0.05, 0) is 6.37 Å². The van der Waals surface area contributed by atoms with E-state index in [0.717, 1.165) is 0 Å². The number of carboxylic acids is 2. The summed E-state index contributed by atoms with van der Waals surface area (Å²) in [4.78, 5) is 45.5. The maximum atomic E-state index is 12.0. The maximum absolute atomic E-state index is 12.0. The van der Waals surface area contributed by atoms with E-state index < -0.39 is 68.5 Å². The largest absolute Gasteiger partial charge is 0.481 e. The SMILES string of the molecule is [2H]C([2H])([2H])C([2H])([2H])C([2H])([2H])C([2H])([2H])OC(=O)CC(CC(=O)O)(OC(C)=O)C(=O)O. The highest BCUT2D eigenvalue weighted by Crippen LogP contribution is 2.23. The van der Waals surface area contributed by atoms with Gasteiger partial charge < -0.3 is 19.7 Å². The van der Waals surface area contributed by atoms with Gasteiger partial charge in [-0.15, -0.1) is 0 Å². The number of carbonyl (C=O) groups excluding carboxylic acids is 2. The number of hydrogen-bond donors (Lipinski definition) is 2. The van der Waals surface area contributed by atoms with Crippen LogP contribution in [-0.2, 0) is 28.7 Å². The highest BCUT2D eigenvalue weighted by Gasteiger charge is 2.47. The molecule has 0 aromatic rings. The van der Waals surface area contributed by atoms with Crippen LogP contribution in [0.15, 0.2) is 0 Å². The van der Waals surface area contributed by atoms with Crippen molar-refractivity contribution in [2.75, 3.05) is 6.56 Å². The average Bonchev–Trinajstić information content (AvgIpc) is 2.42. The lowest BCUT2D eigenvalue weighted by atomic mass is 9.95. The average molecular weight is 299 g/mol. The van der Waals surface area contributed by atoms with Crippen LogP contribution >= 0.6 is 0 Å². The monoisotopic (exact) mass is 299 g/mol. The molecule has 0 saturated carbocycles. The van der Waals surface area contributed by atoms with Gasteiger partial charge in [-0.3, -0.25) is 14.4 Å². The molecule has 1 atom stereocenters. The van der Waals surface area contributed by atoms with E-state index in [1.54, 1.807) is 0 Å². The van der Waals surface area contributed by atoms with E-state index in [1.807, 2.05) is 0 Å². The fourth-order valence-corrected chi connectivity index (χ4v) is 1.23. The van der Waals surface area contributed by atoms with Gasteiger partial charge in [-0.25, -0.2) is 4.79 Å². The third kappa shape index (κ3) is 6.17. The van der Waals surface area contributed by atoms with Gasteiger partial charge in [0.1, 0.15) is 0 Å². The Morgan fingerprint density at radius 3 is 2.35 bits per heavy atom. The van der Waals surface area contributed by atoms with Crippen LogP contribution in [0.25, 0.3) is 0 Å². The van der Waals surface area contributed by atoms with Crippen LogP contribution in [0.1, 0.15) is 51.7 Å². The van der Waals surface area contributed by atoms with Gasteiger partial charge in [-0.1, -0.05) is 13.2 Å². The first-order chi connectivity index (χ1) is 12.6. The van der Waals surface area contributed by atoms with Crippen molar-refractivity contribution in [3.05, 3.63) is 0 Å². The van der Waals surface area contributed by atoms with Crippen molar-refractivity contribution < 1.29 is 51.2 Å². The predicted molar refractivity (Wildman–Crippen MR) is 64.9 cm³/mol. The first-order valence-electron chi connectivity index (χ1n) is 9.49. The molecule has 0 bridgehead atoms. The number of carboxylic acid groups (broad SMARTS) is 2. The molecule has 8 nitrogen and oxygen atoms in total. The Morgan fingerprint density at radius 2 is 1.90 bits per heavy atom. The lowest BCUT2D eigenvalue weighted by molar-refractivity contribution is -0.185. The zero-order chi connectivity index (χ0) is 23.6. The van der Waals surface area contributed by atoms with Gasteiger partial charge in [0.05, 0.1) is 22.1 Å². The third-order valence-corrected chi connectivity index (χ3v) is 1.87. The molecule has 0 spiro atoms. The van der Waals surface area contributed by atoms with E-state index in [-0.39, 0.29) is 0 Å². The summed E-state index contributed by atoms with van der Waals surface area (Å²) >= 11 is 0. The van der Waals surface area contributed by atoms with E-state index in [1.165, 1.54) is 0 Å². The fourth-order valence-electron chi connectivity index (χ4n) is 1.23. The van der Waals surface area contributed by atoms with Crippen molar-refractivity contribution >= 4 is 23.9 Å². The standard InChI is InChI=1S/C12H18O8/c1-3-4-5-19-10(16)7-12(11(17)18,6-9(14)15)20-8(2)13/h3-7H2,1-2H3,(H,14,15)(H,17,18)/i1D3,3D2,4D2,5D2. The summed E-state index contributed by atoms with van der Waals surface area (Å²) < 4.78 is 74.3. The second kappa shape index (κ2) is 8.13. The number of ether oxygens (including phenoxy) is 2. The fraction of sp³-hybridized carbons (Fsp3) is 0.667. The van der Waals surface area contributed by atoms with Gasteiger partial charge in [0.25, 0.3) is 0 Å². The van der Waals surface area contributed by atoms with E-state index in [0.29, 0.717) is 6.92 Å². The Balaban J connectivity index is 5.90. The van der Waals surface area contributed by atoms with Gasteiger partial charge in [0.15, 0.2) is 0 Å². The molecule has 8 heteroatoms. The second-order valence-electron chi connectivity index (χ2n) is 3.47. The molecule has 0 amide bonds. The van der Waals surface area contributed by atoms with Crippen LogP contribution in [0.2, 0.25) is 0 Å². The molecular formula is C12H18O8. The van der Waals surface area contributed by atoms with Crippen LogP contribution in [-0.4, -0.2) is 46.3 Å². The summed E-state index contributed by atoms with van der Waals surface area (Å²) in [5, 5.41) is 18.0. The summed E-state index contributed by atoms with van der Waals surface area (Å²) in [6.45, 7) is -6.92. The van der Waals surface area contributed by atoms with Crippen molar-refractivity contribution in [3.8, 4) is 0 Å². The Hall–Kier alpha value is -2.12. The topological polar surface area (TPSA) is 127 Å². The minimum atomic E-state index is -3.96. The minimum Gasteiger partial charge on any atom is -0.481 e. The van der Waals surface area contributed by atoms with E-state index in [9.17, 15) is 24.3 Å². The normalized spacial score (nSPS) is 22.6. The van der Waals surface area contributed by atoms with Crippen molar-refractivity contribution in [1.29, 1.82) is 0 Å². The van der Waals surface area contributed by atoms with Crippen LogP contribution in [0.5, 0.6) is 0 Å². The first kappa shape index (κ1) is 7.61. The lowest BCUT2D eigenvalue weighted by Crippen LogP contribution is -2.47. The molecule has 1 unspecified atom stereocenters. The van der Waals surface area contributed by atoms with Crippen LogP contribution < -0.4 is 0 Å². The smallest absolute Gasteiger partial charge is 0.349 e. The molecular weight excluding hydrogens is 272 g/mol. The van der Waals surface area contributed by atoms with Crippen LogP contribution in [0.3, 0.4) is 0 Å². The highest BCUT2D eigenvalue weighted by molar-refractivity contribution is 5.90. The molecule has 114 valence electrons. The number of esters is 2. The second-order valence-corrected chi connectivity index (χ2v) is 3.47. The first-order valence-corrected chi connectivity index (χ1v) is 4.99. The van der Waals surface area contributed by atoms with Gasteiger partial charge >= 0.3 is 23.9 Å². The molecule has 0 rings (SSSR count). The van der Waals surface area contributed by atoms with Gasteiger partial charge in [-0.2, -0.15) is 0 Å². The van der Waals surface area contributed by atoms with Crippen molar-refractivity contribution in [2.45, 2.75) is 45.0 Å². The molecule has 0 saturated heterocycles. The summed E-state index contributed by atoms with van der Waals surface area (Å²) in [5.41, 5.74) is -3.03. The third-order valence-electron chi connectivity index (χ3n) is 1.87. The molecule has 0 fully saturated rings. The Bertz CT molecular complexity index is 669. The zero-order valence-electron chi connectivity index (χ0n) is 19.3. The highest BCUT2D eigenvalue weighted by atomic mass is 16.6. The number of aliphatic carboxylic acids is 2. The summed E-state index contributed by atoms with van der Waals surface area (Å²) in [6, 6.07) is 0. The summed E-state index contributed by atoms with van der Waals surface area (Å²) in [7, 11) is 0. The molecule has 0 aliphatic heterocycles. The van der Waals surface area contributed by atoms with E-state index >= 15 is 0 Å². The molecule has 0 aromatic carbocycles. The predicted octanol–water partition coefficient (Wildman–Crippen LogP) is 0.581. The van der Waals surface area contributed by atoms with Crippen LogP contribution in [0.4, 0.5) is 0 Å². The van der Waals surface area contributed by atoms with Gasteiger partial charge in [0.2, 0.25) is 5.60 Å². The zero-order valence-corrected chi connectivity index (χ0v) is 10.3. The summed E-state index contributed by atoms with van der Waals surface area (Å²) in [6.07, 6.45) is -10.8. The van der Waals surface area contributed by atoms with E-state index in [4.69, 9.17) is 17.4 Å². The van der Waals surface area contributed by atoms with Crippen molar-refractivity contribution in [1.82, 2.24) is 0 Å². The Labute approximate surface area is 128 Å². The molecule has 0 aromatic heterocycles. The maximum Gasteiger partial charge on any atom is 0.349 e. The van der Waals surface area contributed by atoms with Crippen LogP contribution in [0, 0.1) is 0 Å². The van der Waals surface area contributed by atoms with E-state index in [2.05, 4.69) is 9.47 Å².